The molecule has 0 nitrogen and oxygen atoms in total. The van der Waals surface area contributed by atoms with Crippen LogP contribution in [0.3, 0.4) is 0 Å². The molecule has 0 aromatic carbocycles. The van der Waals surface area contributed by atoms with Crippen LogP contribution in [0, 0.1) is 0 Å². The third-order valence-electron chi connectivity index (χ3n) is 0. The Bertz CT molecular complexity index is 8.00. The zero-order valence-electron chi connectivity index (χ0n) is 1.21. The summed E-state index contributed by atoms with van der Waals surface area (Å²) in [7, 11) is 4.17. The fraction of sp³-hybridized carbons (Fsp3) is 0. The Morgan fingerprint density at radius 2 is 1.25 bits per heavy atom. The maximum atomic E-state index is 4.17. The standard InChI is InChI=1S/Cu.S.Sn.Sr.2H. The van der Waals surface area contributed by atoms with Crippen molar-refractivity contribution in [2.75, 3.05) is 0 Å². The van der Waals surface area contributed by atoms with Crippen LogP contribution in [0.5, 0.6) is 0 Å². The third kappa shape index (κ3) is 8.89. The first-order valence-corrected chi connectivity index (χ1v) is 4.11. The average Bonchev–Trinajstić information content (AvgIpc) is 1.00. The topological polar surface area (TPSA) is 0 Å². The molecule has 0 aliphatic rings. The molecule has 0 heterocycles. The van der Waals surface area contributed by atoms with Gasteiger partial charge in [-0.05, 0) is 0 Å². The second-order valence-electron chi connectivity index (χ2n) is 0. The van der Waals surface area contributed by atoms with E-state index in [9.17, 15) is 0 Å². The summed E-state index contributed by atoms with van der Waals surface area (Å²) in [6.45, 7) is 0. The van der Waals surface area contributed by atoms with Crippen molar-refractivity contribution in [1.29, 1.82) is 0 Å². The van der Waals surface area contributed by atoms with Gasteiger partial charge in [0.15, 0.2) is 0 Å². The van der Waals surface area contributed by atoms with E-state index < -0.39 is 0 Å². The molecule has 0 rings (SSSR count). The predicted octanol–water partition coefficient (Wildman–Crippen LogP) is -0.651. The Morgan fingerprint density at radius 3 is 1.25 bits per heavy atom. The molecule has 0 saturated carbocycles. The summed E-state index contributed by atoms with van der Waals surface area (Å²) >= 11 is 1.13. The molecule has 0 aliphatic carbocycles. The van der Waals surface area contributed by atoms with E-state index in [2.05, 4.69) is 9.29 Å². The summed E-state index contributed by atoms with van der Waals surface area (Å²) < 4.78 is 0. The zero-order chi connectivity index (χ0) is 2.00. The molecule has 0 saturated heterocycles. The van der Waals surface area contributed by atoms with Crippen LogP contribution >= 0.6 is 9.29 Å². The van der Waals surface area contributed by atoms with Crippen molar-refractivity contribution >= 4 is 75.4 Å². The molecule has 0 amide bonds. The van der Waals surface area contributed by atoms with Crippen LogP contribution in [0.25, 0.3) is 0 Å². The number of rotatable bonds is 0. The van der Waals surface area contributed by atoms with Gasteiger partial charge in [-0.2, -0.15) is 0 Å². The molecule has 25 valence electrons. The van der Waals surface area contributed by atoms with Crippen molar-refractivity contribution in [3.63, 3.8) is 0 Å². The molecule has 0 aliphatic heterocycles. The van der Waals surface area contributed by atoms with Gasteiger partial charge in [0.05, 0.1) is 0 Å². The van der Waals surface area contributed by atoms with E-state index in [0.717, 1.165) is 20.6 Å². The predicted molar refractivity (Wildman–Crippen MR) is 21.9 cm³/mol. The molecule has 0 fully saturated rings. The van der Waals surface area contributed by atoms with Crippen molar-refractivity contribution in [2.45, 2.75) is 0 Å². The van der Waals surface area contributed by atoms with Gasteiger partial charge >= 0.3 is 75.4 Å². The van der Waals surface area contributed by atoms with Crippen LogP contribution in [-0.4, -0.2) is 66.1 Å². The first-order valence-electron chi connectivity index (χ1n) is 0.204. The maximum absolute atomic E-state index is 4.17. The number of hydrogen-bond donors (Lipinski definition) is 0. The average molecular weight is 304 g/mol. The van der Waals surface area contributed by atoms with Gasteiger partial charge in [0.1, 0.15) is 0 Å². The summed E-state index contributed by atoms with van der Waals surface area (Å²) in [5.41, 5.74) is 0. The molecule has 3 radical (unpaired) electrons. The summed E-state index contributed by atoms with van der Waals surface area (Å²) in [4.78, 5) is 0. The molecule has 0 bridgehead atoms. The van der Waals surface area contributed by atoms with Crippen LogP contribution in [0.1, 0.15) is 0 Å². The van der Waals surface area contributed by atoms with Crippen LogP contribution < -0.4 is 0 Å². The molecular formula is H2CuSSnSr. The van der Waals surface area contributed by atoms with E-state index in [0.29, 0.717) is 0 Å². The van der Waals surface area contributed by atoms with E-state index in [1.807, 2.05) is 0 Å². The molecule has 0 N–H and O–H groups in total. The SMILES string of the molecule is [Cu].[S]=[Sn].[SrH2]. The van der Waals surface area contributed by atoms with Crippen LogP contribution in [0.2, 0.25) is 0 Å². The summed E-state index contributed by atoms with van der Waals surface area (Å²) in [6.07, 6.45) is 0. The minimum absolute atomic E-state index is 0. The van der Waals surface area contributed by atoms with Crippen molar-refractivity contribution < 1.29 is 17.1 Å². The molecule has 4 heteroatoms. The van der Waals surface area contributed by atoms with Crippen LogP contribution in [0.15, 0.2) is 0 Å². The van der Waals surface area contributed by atoms with Gasteiger partial charge in [0.2, 0.25) is 0 Å². The third-order valence-corrected chi connectivity index (χ3v) is 0. The molecule has 0 spiro atoms. The second-order valence-corrected chi connectivity index (χ2v) is 0. The van der Waals surface area contributed by atoms with Gasteiger partial charge in [-0.25, -0.2) is 0 Å². The minimum atomic E-state index is 0. The van der Waals surface area contributed by atoms with Crippen molar-refractivity contribution in [2.24, 2.45) is 0 Å². The van der Waals surface area contributed by atoms with Crippen molar-refractivity contribution in [1.82, 2.24) is 0 Å². The van der Waals surface area contributed by atoms with Crippen molar-refractivity contribution in [3.05, 3.63) is 0 Å². The first kappa shape index (κ1) is 15.7. The summed E-state index contributed by atoms with van der Waals surface area (Å²) in [5, 5.41) is 0. The Morgan fingerprint density at radius 1 is 1.25 bits per heavy atom. The van der Waals surface area contributed by atoms with Gasteiger partial charge < -0.3 is 0 Å². The van der Waals surface area contributed by atoms with Gasteiger partial charge in [-0.3, -0.25) is 0 Å². The second kappa shape index (κ2) is 16.6. The van der Waals surface area contributed by atoms with Crippen LogP contribution in [-0.2, 0) is 17.1 Å². The van der Waals surface area contributed by atoms with Crippen LogP contribution in [0.4, 0.5) is 0 Å². The summed E-state index contributed by atoms with van der Waals surface area (Å²) in [5.74, 6) is 0. The Labute approximate surface area is 90.1 Å². The van der Waals surface area contributed by atoms with Gasteiger partial charge in [-0.1, -0.05) is 0 Å². The molecule has 0 aromatic heterocycles. The summed E-state index contributed by atoms with van der Waals surface area (Å²) in [6, 6.07) is 0. The normalized spacial score (nSPS) is 1.00. The fourth-order valence-electron chi connectivity index (χ4n) is 0. The molecule has 0 aromatic rings. The Kier molecular flexibility index (Phi) is 65.5. The van der Waals surface area contributed by atoms with Gasteiger partial charge in [0, 0.05) is 17.1 Å². The molecule has 4 heavy (non-hydrogen) atoms. The van der Waals surface area contributed by atoms with Crippen molar-refractivity contribution in [3.8, 4) is 0 Å². The van der Waals surface area contributed by atoms with E-state index in [1.165, 1.54) is 0 Å². The first-order chi connectivity index (χ1) is 1.00. The molecule has 0 atom stereocenters. The fourth-order valence-corrected chi connectivity index (χ4v) is 0. The van der Waals surface area contributed by atoms with E-state index in [1.54, 1.807) is 0 Å². The molecule has 0 unspecified atom stereocenters. The monoisotopic (exact) mass is 305 g/mol. The van der Waals surface area contributed by atoms with E-state index >= 15 is 0 Å². The van der Waals surface area contributed by atoms with Gasteiger partial charge in [0.25, 0.3) is 0 Å². The molecular weight excluding hydrogens is 302 g/mol. The number of hydrogen-bond acceptors (Lipinski definition) is 1. The zero-order valence-corrected chi connectivity index (χ0v) is 5.82. The van der Waals surface area contributed by atoms with Gasteiger partial charge in [-0.15, -0.1) is 0 Å². The van der Waals surface area contributed by atoms with E-state index in [-0.39, 0.29) is 62.6 Å². The Hall–Kier alpha value is 3.02. The van der Waals surface area contributed by atoms with E-state index in [4.69, 9.17) is 0 Å². The quantitative estimate of drug-likeness (QED) is 0.536. The Balaban J connectivity index is -0.00000000500.